The van der Waals surface area contributed by atoms with Crippen LogP contribution in [-0.4, -0.2) is 21.8 Å². The second kappa shape index (κ2) is 5.98. The third kappa shape index (κ3) is 2.86. The maximum atomic E-state index is 4.54. The Labute approximate surface area is 126 Å². The van der Waals surface area contributed by atoms with Crippen molar-refractivity contribution in [3.05, 3.63) is 47.5 Å². The summed E-state index contributed by atoms with van der Waals surface area (Å²) in [4.78, 5) is 4.54. The molecule has 1 aliphatic rings. The lowest BCUT2D eigenvalue weighted by molar-refractivity contribution is 0.383. The Morgan fingerprint density at radius 3 is 2.48 bits per heavy atom. The lowest BCUT2D eigenvalue weighted by Crippen LogP contribution is -2.25. The minimum atomic E-state index is 0.274. The Hall–Kier alpha value is -1.68. The average molecular weight is 284 g/mol. The van der Waals surface area contributed by atoms with Gasteiger partial charge >= 0.3 is 0 Å². The zero-order valence-electron chi connectivity index (χ0n) is 13.1. The van der Waals surface area contributed by atoms with E-state index in [0.29, 0.717) is 12.0 Å². The molecule has 1 heterocycles. The van der Waals surface area contributed by atoms with Gasteiger partial charge in [-0.05, 0) is 43.4 Å². The van der Waals surface area contributed by atoms with E-state index in [9.17, 15) is 0 Å². The summed E-state index contributed by atoms with van der Waals surface area (Å²) in [7, 11) is 2.01. The lowest BCUT2D eigenvalue weighted by Gasteiger charge is -2.21. The zero-order chi connectivity index (χ0) is 14.8. The van der Waals surface area contributed by atoms with Gasteiger partial charge < -0.3 is 5.32 Å². The van der Waals surface area contributed by atoms with Gasteiger partial charge in [0.05, 0.1) is 12.1 Å². The highest BCUT2D eigenvalue weighted by atomic mass is 15.4. The fourth-order valence-corrected chi connectivity index (χ4v) is 3.32. The number of nitrogens with one attached hydrogen (secondary N) is 1. The molecule has 0 bridgehead atoms. The molecule has 0 spiro atoms. The molecule has 2 aromatic rings. The fourth-order valence-electron chi connectivity index (χ4n) is 3.32. The molecule has 4 nitrogen and oxygen atoms in total. The standard InChI is InChI=1S/C17H24N4/c1-12(2)8-16(18-3)17-19-11-20-21(17)15-9-13-6-4-5-7-14(13)10-15/h4-7,11-12,15-16,18H,8-10H2,1-3H3/t16-/m0/s1. The third-order valence-corrected chi connectivity index (χ3v) is 4.34. The molecule has 112 valence electrons. The van der Waals surface area contributed by atoms with Crippen LogP contribution in [0.15, 0.2) is 30.6 Å². The number of hydrogen-bond acceptors (Lipinski definition) is 3. The summed E-state index contributed by atoms with van der Waals surface area (Å²) < 4.78 is 2.14. The molecule has 1 aromatic heterocycles. The largest absolute Gasteiger partial charge is 0.310 e. The molecule has 1 N–H and O–H groups in total. The number of benzene rings is 1. The van der Waals surface area contributed by atoms with Crippen LogP contribution in [0.1, 0.15) is 49.3 Å². The highest BCUT2D eigenvalue weighted by Gasteiger charge is 2.27. The van der Waals surface area contributed by atoms with Crippen LogP contribution in [0.5, 0.6) is 0 Å². The summed E-state index contributed by atoms with van der Waals surface area (Å²) in [5.41, 5.74) is 2.91. The highest BCUT2D eigenvalue weighted by molar-refractivity contribution is 5.32. The number of fused-ring (bicyclic) bond motifs is 1. The predicted molar refractivity (Wildman–Crippen MR) is 84.2 cm³/mol. The van der Waals surface area contributed by atoms with Crippen LogP contribution in [0.25, 0.3) is 0 Å². The third-order valence-electron chi connectivity index (χ3n) is 4.34. The van der Waals surface area contributed by atoms with Gasteiger partial charge in [0.25, 0.3) is 0 Å². The first kappa shape index (κ1) is 14.3. The summed E-state index contributed by atoms with van der Waals surface area (Å²) in [5.74, 6) is 1.71. The number of rotatable bonds is 5. The van der Waals surface area contributed by atoms with Crippen molar-refractivity contribution in [2.75, 3.05) is 7.05 Å². The molecular weight excluding hydrogens is 260 g/mol. The molecular formula is C17H24N4. The smallest absolute Gasteiger partial charge is 0.144 e. The van der Waals surface area contributed by atoms with Crippen molar-refractivity contribution >= 4 is 0 Å². The van der Waals surface area contributed by atoms with E-state index in [4.69, 9.17) is 0 Å². The van der Waals surface area contributed by atoms with E-state index in [1.807, 2.05) is 7.05 Å². The van der Waals surface area contributed by atoms with Gasteiger partial charge in [0.15, 0.2) is 0 Å². The number of hydrogen-bond donors (Lipinski definition) is 1. The van der Waals surface area contributed by atoms with Crippen LogP contribution in [0.2, 0.25) is 0 Å². The molecule has 1 atom stereocenters. The maximum absolute atomic E-state index is 4.54. The van der Waals surface area contributed by atoms with Crippen LogP contribution in [0, 0.1) is 5.92 Å². The molecule has 0 radical (unpaired) electrons. The maximum Gasteiger partial charge on any atom is 0.144 e. The van der Waals surface area contributed by atoms with Crippen molar-refractivity contribution in [2.45, 2.75) is 45.2 Å². The first-order valence-corrected chi connectivity index (χ1v) is 7.82. The van der Waals surface area contributed by atoms with Gasteiger partial charge in [-0.2, -0.15) is 5.10 Å². The van der Waals surface area contributed by atoms with E-state index < -0.39 is 0 Å². The van der Waals surface area contributed by atoms with Gasteiger partial charge in [-0.15, -0.1) is 0 Å². The topological polar surface area (TPSA) is 42.7 Å². The van der Waals surface area contributed by atoms with Crippen LogP contribution in [0.3, 0.4) is 0 Å². The van der Waals surface area contributed by atoms with Crippen molar-refractivity contribution < 1.29 is 0 Å². The van der Waals surface area contributed by atoms with Gasteiger partial charge in [0, 0.05) is 0 Å². The molecule has 0 saturated heterocycles. The molecule has 21 heavy (non-hydrogen) atoms. The van der Waals surface area contributed by atoms with Crippen molar-refractivity contribution in [1.29, 1.82) is 0 Å². The Balaban J connectivity index is 1.84. The molecule has 0 amide bonds. The van der Waals surface area contributed by atoms with Gasteiger partial charge in [-0.25, -0.2) is 9.67 Å². The predicted octanol–water partition coefficient (Wildman–Crippen LogP) is 2.92. The van der Waals surface area contributed by atoms with Crippen LogP contribution < -0.4 is 5.32 Å². The summed E-state index contributed by atoms with van der Waals surface area (Å²) in [6.07, 6.45) is 4.90. The normalized spacial score (nSPS) is 16.4. The number of aromatic nitrogens is 3. The highest BCUT2D eigenvalue weighted by Crippen LogP contribution is 2.31. The molecule has 0 unspecified atom stereocenters. The first-order valence-electron chi connectivity index (χ1n) is 7.82. The average Bonchev–Trinajstić information content (AvgIpc) is 3.10. The fraction of sp³-hybridized carbons (Fsp3) is 0.529. The van der Waals surface area contributed by atoms with Crippen LogP contribution in [-0.2, 0) is 12.8 Å². The van der Waals surface area contributed by atoms with E-state index in [-0.39, 0.29) is 6.04 Å². The zero-order valence-corrected chi connectivity index (χ0v) is 13.1. The summed E-state index contributed by atoms with van der Waals surface area (Å²) in [5, 5.41) is 7.92. The van der Waals surface area contributed by atoms with Crippen LogP contribution in [0.4, 0.5) is 0 Å². The van der Waals surface area contributed by atoms with E-state index in [0.717, 1.165) is 25.1 Å². The molecule has 3 rings (SSSR count). The van der Waals surface area contributed by atoms with E-state index in [2.05, 4.69) is 58.2 Å². The van der Waals surface area contributed by atoms with E-state index in [1.54, 1.807) is 6.33 Å². The van der Waals surface area contributed by atoms with E-state index >= 15 is 0 Å². The van der Waals surface area contributed by atoms with E-state index in [1.165, 1.54) is 11.1 Å². The lowest BCUT2D eigenvalue weighted by atomic mass is 10.0. The van der Waals surface area contributed by atoms with Gasteiger partial charge in [-0.3, -0.25) is 0 Å². The molecule has 4 heteroatoms. The Morgan fingerprint density at radius 1 is 1.24 bits per heavy atom. The second-order valence-corrected chi connectivity index (χ2v) is 6.36. The minimum Gasteiger partial charge on any atom is -0.310 e. The van der Waals surface area contributed by atoms with Crippen molar-refractivity contribution in [2.24, 2.45) is 5.92 Å². The Bertz CT molecular complexity index is 577. The summed E-state index contributed by atoms with van der Waals surface area (Å²) in [6, 6.07) is 9.39. The summed E-state index contributed by atoms with van der Waals surface area (Å²) in [6.45, 7) is 4.49. The molecule has 0 aliphatic heterocycles. The Morgan fingerprint density at radius 2 is 1.90 bits per heavy atom. The Kier molecular flexibility index (Phi) is 4.06. The van der Waals surface area contributed by atoms with Gasteiger partial charge in [0.2, 0.25) is 0 Å². The SMILES string of the molecule is CN[C@@H](CC(C)C)c1ncnn1C1Cc2ccccc2C1. The summed E-state index contributed by atoms with van der Waals surface area (Å²) >= 11 is 0. The molecule has 1 aliphatic carbocycles. The number of nitrogens with zero attached hydrogens (tertiary/aromatic N) is 3. The molecule has 0 fully saturated rings. The molecule has 0 saturated carbocycles. The van der Waals surface area contributed by atoms with Crippen molar-refractivity contribution in [3.8, 4) is 0 Å². The van der Waals surface area contributed by atoms with Crippen molar-refractivity contribution in [1.82, 2.24) is 20.1 Å². The first-order chi connectivity index (χ1) is 10.2. The van der Waals surface area contributed by atoms with Gasteiger partial charge in [-0.1, -0.05) is 38.1 Å². The monoisotopic (exact) mass is 284 g/mol. The molecule has 1 aromatic carbocycles. The quantitative estimate of drug-likeness (QED) is 0.918. The van der Waals surface area contributed by atoms with Crippen LogP contribution >= 0.6 is 0 Å². The van der Waals surface area contributed by atoms with Crippen molar-refractivity contribution in [3.63, 3.8) is 0 Å². The van der Waals surface area contributed by atoms with Gasteiger partial charge in [0.1, 0.15) is 12.2 Å². The second-order valence-electron chi connectivity index (χ2n) is 6.36. The minimum absolute atomic E-state index is 0.274.